The lowest BCUT2D eigenvalue weighted by atomic mass is 9.39. The minimum atomic E-state index is -0.200. The Morgan fingerprint density at radius 2 is 1.49 bits per heavy atom. The van der Waals surface area contributed by atoms with Crippen molar-refractivity contribution in [3.8, 4) is 0 Å². The maximum absolute atomic E-state index is 7.58. The molecular weight excluding hydrogens is 931 g/mol. The predicted octanol–water partition coefficient (Wildman–Crippen LogP) is 15.8. The third kappa shape index (κ3) is 6.29. The lowest BCUT2D eigenvalue weighted by Gasteiger charge is -2.64. The number of piperidine rings is 1. The SMILES string of the molecule is Cc1ccccc1N(C1C=CCCC1)C(N)C1=CC[C@@H](C2C=C3C4C5C6=C7C=CC8[C@H]6C6=C([C@H]5C3(C)C)C(C)(C3=CC(C5=CC[C@H]([C@@H]9NC%10C=CC=CC%10C[C@@H]9c9ccccc9)C=C5)CC([C@@H]36)C8(C)C)C2[C@@H]4C7(C)C)C=C1. The highest BCUT2D eigenvalue weighted by Gasteiger charge is 2.79. The number of hydrogen-bond acceptors (Lipinski definition) is 3. The summed E-state index contributed by atoms with van der Waals surface area (Å²) in [5.41, 5.74) is 26.2. The second kappa shape index (κ2) is 16.6. The lowest BCUT2D eigenvalue weighted by Crippen LogP contribution is -2.57. The molecule has 12 unspecified atom stereocenters. The Hall–Kier alpha value is -4.96. The van der Waals surface area contributed by atoms with Gasteiger partial charge >= 0.3 is 0 Å². The van der Waals surface area contributed by atoms with Crippen molar-refractivity contribution >= 4 is 5.69 Å². The van der Waals surface area contributed by atoms with Gasteiger partial charge in [-0.2, -0.15) is 0 Å². The highest BCUT2D eigenvalue weighted by atomic mass is 15.3. The Kier molecular flexibility index (Phi) is 10.3. The maximum atomic E-state index is 7.58. The van der Waals surface area contributed by atoms with Crippen LogP contribution in [0.2, 0.25) is 0 Å². The number of benzene rings is 2. The number of nitrogens with one attached hydrogen (secondary N) is 1. The molecule has 3 heteroatoms. The first-order chi connectivity index (χ1) is 37.2. The number of hydrogen-bond donors (Lipinski definition) is 2. The summed E-state index contributed by atoms with van der Waals surface area (Å²) in [6.07, 6.45) is 49.6. The van der Waals surface area contributed by atoms with Crippen molar-refractivity contribution in [2.75, 3.05) is 4.90 Å². The maximum Gasteiger partial charge on any atom is 0.103 e. The van der Waals surface area contributed by atoms with Gasteiger partial charge < -0.3 is 16.0 Å². The highest BCUT2D eigenvalue weighted by Crippen LogP contribution is 2.86. The van der Waals surface area contributed by atoms with Crippen molar-refractivity contribution < 1.29 is 0 Å². The summed E-state index contributed by atoms with van der Waals surface area (Å²) in [5.74, 6) is 7.99. The standard InChI is InChI=1S/C74H85N3/c1-41-19-15-18-26-58(41)77(49-23-13-10-14-24-49)70(75)46-33-29-44(30-34-46)50-40-55-62-64-61-53-36-35-52-60(61)63-59-54(71(52,2)3)38-48(39-56(59)74(8,65(50)66(62)72(53,4)5)68(63)67(64)73(55,6)7)42-27-31-45(32-28-42)69-51(43-20-11-9-12-21-43)37-47-22-16-17-25-57(47)76-69/h9,11-13,15-23,25-29,31,33-36,39-40,44-45,47-52,54,57,59-60,62,64-67,69-70,76H,10,14,24,30,32,37-38,75H2,1-8H3/t44-,45+,47?,48?,49?,50?,51+,52?,54?,57?,59-,60+,62?,64?,65?,66+,67-,69-,70?,74?/m0/s1. The molecule has 1 saturated heterocycles. The molecule has 3 nitrogen and oxygen atoms in total. The minimum absolute atomic E-state index is 0.00641. The van der Waals surface area contributed by atoms with Crippen LogP contribution in [-0.4, -0.2) is 24.3 Å². The van der Waals surface area contributed by atoms with Gasteiger partial charge in [0.2, 0.25) is 0 Å². The van der Waals surface area contributed by atoms with Crippen LogP contribution in [0.25, 0.3) is 0 Å². The molecule has 0 radical (unpaired) electrons. The van der Waals surface area contributed by atoms with E-state index in [1.54, 1.807) is 11.1 Å². The summed E-state index contributed by atoms with van der Waals surface area (Å²) in [7, 11) is 0. The third-order valence-corrected chi connectivity index (χ3v) is 25.3. The minimum Gasteiger partial charge on any atom is -0.345 e. The van der Waals surface area contributed by atoms with Crippen molar-refractivity contribution in [3.63, 3.8) is 0 Å². The zero-order valence-electron chi connectivity index (χ0n) is 47.4. The molecule has 4 fully saturated rings. The Morgan fingerprint density at radius 3 is 2.26 bits per heavy atom. The van der Waals surface area contributed by atoms with E-state index in [-0.39, 0.29) is 27.8 Å². The number of rotatable bonds is 8. The smallest absolute Gasteiger partial charge is 0.103 e. The lowest BCUT2D eigenvalue weighted by molar-refractivity contribution is -0.0214. The third-order valence-electron chi connectivity index (χ3n) is 25.3. The van der Waals surface area contributed by atoms with Gasteiger partial charge in [0.05, 0.1) is 0 Å². The van der Waals surface area contributed by atoms with Crippen LogP contribution < -0.4 is 16.0 Å². The topological polar surface area (TPSA) is 41.3 Å². The number of aryl methyl sites for hydroxylation is 1. The van der Waals surface area contributed by atoms with Gasteiger partial charge in [0.1, 0.15) is 6.17 Å². The first-order valence-electron chi connectivity index (χ1n) is 31.0. The van der Waals surface area contributed by atoms with E-state index in [4.69, 9.17) is 5.73 Å². The van der Waals surface area contributed by atoms with Crippen LogP contribution in [0.1, 0.15) is 110 Å². The fourth-order valence-corrected chi connectivity index (χ4v) is 22.1. The van der Waals surface area contributed by atoms with Crippen LogP contribution >= 0.6 is 0 Å². The van der Waals surface area contributed by atoms with Crippen LogP contribution in [0.15, 0.2) is 196 Å². The van der Waals surface area contributed by atoms with E-state index in [9.17, 15) is 0 Å². The summed E-state index contributed by atoms with van der Waals surface area (Å²) in [6.45, 7) is 21.6. The van der Waals surface area contributed by atoms with Crippen molar-refractivity contribution in [2.45, 2.75) is 131 Å². The Bertz CT molecular complexity index is 3260. The fourth-order valence-electron chi connectivity index (χ4n) is 22.1. The average molecular weight is 1020 g/mol. The van der Waals surface area contributed by atoms with Crippen LogP contribution in [0, 0.1) is 111 Å². The van der Waals surface area contributed by atoms with Gasteiger partial charge in [-0.1, -0.05) is 222 Å². The molecule has 2 aromatic rings. The molecule has 13 aliphatic carbocycles. The van der Waals surface area contributed by atoms with E-state index >= 15 is 0 Å². The molecule has 1 heterocycles. The predicted molar refractivity (Wildman–Crippen MR) is 317 cm³/mol. The van der Waals surface area contributed by atoms with Gasteiger partial charge in [-0.15, -0.1) is 0 Å². The quantitative estimate of drug-likeness (QED) is 0.205. The monoisotopic (exact) mass is 1020 g/mol. The number of anilines is 1. The van der Waals surface area contributed by atoms with Crippen molar-refractivity contribution in [3.05, 3.63) is 208 Å². The van der Waals surface area contributed by atoms with E-state index < -0.39 is 0 Å². The van der Waals surface area contributed by atoms with E-state index in [1.807, 2.05) is 27.9 Å². The van der Waals surface area contributed by atoms with Crippen molar-refractivity contribution in [1.29, 1.82) is 0 Å². The van der Waals surface area contributed by atoms with E-state index in [0.29, 0.717) is 107 Å². The number of nitrogens with two attached hydrogens (primary N) is 1. The Labute approximate surface area is 461 Å². The Balaban J connectivity index is 0.802. The molecule has 0 aromatic heterocycles. The molecule has 0 spiro atoms. The summed E-state index contributed by atoms with van der Waals surface area (Å²) in [6, 6.07) is 21.5. The van der Waals surface area contributed by atoms with Gasteiger partial charge in [0, 0.05) is 52.9 Å². The molecule has 1 aliphatic heterocycles. The largest absolute Gasteiger partial charge is 0.345 e. The van der Waals surface area contributed by atoms with E-state index in [0.717, 1.165) is 25.7 Å². The summed E-state index contributed by atoms with van der Waals surface area (Å²) in [4.78, 5) is 2.55. The average Bonchev–Trinajstić information content (AvgIpc) is 1.83. The molecule has 6 bridgehead atoms. The number of allylic oxidation sites excluding steroid dienone is 18. The molecule has 396 valence electrons. The van der Waals surface area contributed by atoms with Gasteiger partial charge in [0.25, 0.3) is 0 Å². The molecule has 0 amide bonds. The van der Waals surface area contributed by atoms with Crippen LogP contribution in [0.3, 0.4) is 0 Å². The van der Waals surface area contributed by atoms with Gasteiger partial charge in [0.15, 0.2) is 0 Å². The molecule has 77 heavy (non-hydrogen) atoms. The molecular formula is C74H85N3. The molecule has 16 rings (SSSR count). The van der Waals surface area contributed by atoms with Crippen molar-refractivity contribution in [2.24, 2.45) is 110 Å². The van der Waals surface area contributed by atoms with Gasteiger partial charge in [-0.05, 0) is 167 Å². The summed E-state index contributed by atoms with van der Waals surface area (Å²) >= 11 is 0. The van der Waals surface area contributed by atoms with E-state index in [1.165, 1.54) is 41.6 Å². The zero-order chi connectivity index (χ0) is 52.2. The number of nitrogens with zero attached hydrogens (tertiary/aromatic N) is 1. The second-order valence-electron chi connectivity index (χ2n) is 29.3. The summed E-state index contributed by atoms with van der Waals surface area (Å²) in [5, 5.41) is 4.25. The van der Waals surface area contributed by atoms with Crippen LogP contribution in [0.4, 0.5) is 5.69 Å². The van der Waals surface area contributed by atoms with Crippen LogP contribution in [-0.2, 0) is 0 Å². The fraction of sp³-hybridized carbons (Fsp3) is 0.514. The molecule has 20 atom stereocenters. The highest BCUT2D eigenvalue weighted by molar-refractivity contribution is 5.68. The molecule has 14 aliphatic rings. The number of fused-ring (bicyclic) bond motifs is 3. The van der Waals surface area contributed by atoms with Gasteiger partial charge in [-0.25, -0.2) is 0 Å². The van der Waals surface area contributed by atoms with Crippen molar-refractivity contribution in [1.82, 2.24) is 5.32 Å². The Morgan fingerprint density at radius 1 is 0.701 bits per heavy atom. The van der Waals surface area contributed by atoms with E-state index in [2.05, 4.69) is 217 Å². The molecule has 2 aromatic carbocycles. The first-order valence-corrected chi connectivity index (χ1v) is 31.0. The summed E-state index contributed by atoms with van der Waals surface area (Å²) < 4.78 is 0. The molecule has 3 N–H and O–H groups in total. The first kappa shape index (κ1) is 48.0. The van der Waals surface area contributed by atoms with Crippen LogP contribution in [0.5, 0.6) is 0 Å². The zero-order valence-corrected chi connectivity index (χ0v) is 47.4. The normalized spacial score (nSPS) is 44.0. The number of para-hydroxylation sites is 1. The second-order valence-corrected chi connectivity index (χ2v) is 29.3. The van der Waals surface area contributed by atoms with Gasteiger partial charge in [-0.3, -0.25) is 0 Å². The molecule has 3 saturated carbocycles.